The number of aromatic nitrogens is 1. The Morgan fingerprint density at radius 3 is 3.08 bits per heavy atom. The fourth-order valence-corrected chi connectivity index (χ4v) is 1.39. The van der Waals surface area contributed by atoms with Crippen molar-refractivity contribution in [3.63, 3.8) is 0 Å². The smallest absolute Gasteiger partial charge is 0.203 e. The molecule has 2 nitrogen and oxygen atoms in total. The van der Waals surface area contributed by atoms with Gasteiger partial charge >= 0.3 is 0 Å². The molecular weight excluding hydrogens is 162 g/mol. The summed E-state index contributed by atoms with van der Waals surface area (Å²) in [6.07, 6.45) is 6.33. The summed E-state index contributed by atoms with van der Waals surface area (Å²) in [7, 11) is 0. The monoisotopic (exact) mass is 172 g/mol. The summed E-state index contributed by atoms with van der Waals surface area (Å²) >= 11 is 0. The molecule has 1 radical (unpaired) electrons. The molecule has 0 saturated heterocycles. The molecule has 1 aliphatic carbocycles. The van der Waals surface area contributed by atoms with Gasteiger partial charge in [0.05, 0.1) is 6.20 Å². The van der Waals surface area contributed by atoms with Crippen molar-refractivity contribution in [3.05, 3.63) is 42.2 Å². The second-order valence-corrected chi connectivity index (χ2v) is 3.22. The van der Waals surface area contributed by atoms with E-state index in [0.29, 0.717) is 11.6 Å². The van der Waals surface area contributed by atoms with E-state index >= 15 is 0 Å². The van der Waals surface area contributed by atoms with Gasteiger partial charge in [0.2, 0.25) is 5.78 Å². The average molecular weight is 172 g/mol. The maximum absolute atomic E-state index is 11.4. The maximum Gasteiger partial charge on any atom is 0.203 e. The van der Waals surface area contributed by atoms with Crippen LogP contribution in [0.2, 0.25) is 0 Å². The fraction of sp³-hybridized carbons (Fsp3) is 0.273. The number of nitrogens with zero attached hydrogens (tertiary/aromatic N) is 1. The van der Waals surface area contributed by atoms with E-state index in [1.165, 1.54) is 18.9 Å². The summed E-state index contributed by atoms with van der Waals surface area (Å²) in [5, 5.41) is 0. The van der Waals surface area contributed by atoms with Gasteiger partial charge in [-0.3, -0.25) is 4.79 Å². The van der Waals surface area contributed by atoms with E-state index < -0.39 is 0 Å². The molecule has 1 aromatic heterocycles. The van der Waals surface area contributed by atoms with E-state index in [1.54, 1.807) is 6.07 Å². The van der Waals surface area contributed by atoms with Crippen LogP contribution < -0.4 is 0 Å². The Labute approximate surface area is 77.3 Å². The van der Waals surface area contributed by atoms with E-state index in [0.717, 1.165) is 5.56 Å². The maximum atomic E-state index is 11.4. The molecule has 0 bridgehead atoms. The summed E-state index contributed by atoms with van der Waals surface area (Å²) in [6.45, 7) is 3.45. The van der Waals surface area contributed by atoms with E-state index in [1.807, 2.05) is 6.07 Å². The van der Waals surface area contributed by atoms with Crippen molar-refractivity contribution in [1.82, 2.24) is 4.98 Å². The topological polar surface area (TPSA) is 30.0 Å². The van der Waals surface area contributed by atoms with Crippen LogP contribution in [-0.2, 0) is 0 Å². The third kappa shape index (κ3) is 1.52. The molecule has 0 spiro atoms. The molecule has 1 aromatic rings. The minimum absolute atomic E-state index is 0.0984. The van der Waals surface area contributed by atoms with E-state index in [2.05, 4.69) is 17.8 Å². The lowest BCUT2D eigenvalue weighted by Crippen LogP contribution is -2.02. The number of ketones is 1. The number of allylic oxidation sites excluding steroid dienone is 1. The molecule has 1 fully saturated rings. The van der Waals surface area contributed by atoms with Gasteiger partial charge in [0.25, 0.3) is 0 Å². The predicted molar refractivity (Wildman–Crippen MR) is 49.6 cm³/mol. The third-order valence-corrected chi connectivity index (χ3v) is 2.22. The largest absolute Gasteiger partial charge is 0.288 e. The summed E-state index contributed by atoms with van der Waals surface area (Å²) in [5.41, 5.74) is 1.59. The Bertz CT molecular complexity index is 353. The minimum atomic E-state index is -0.0984. The van der Waals surface area contributed by atoms with Gasteiger partial charge in [-0.25, -0.2) is 4.98 Å². The van der Waals surface area contributed by atoms with Crippen LogP contribution in [0, 0.1) is 6.20 Å². The zero-order valence-electron chi connectivity index (χ0n) is 7.29. The molecule has 13 heavy (non-hydrogen) atoms. The number of hydrogen-bond acceptors (Lipinski definition) is 2. The van der Waals surface area contributed by atoms with E-state index in [4.69, 9.17) is 0 Å². The standard InChI is InChI=1S/C11H10NO/c1-2-10(13)11-9(8-5-6-8)4-3-7-12-11/h2-4,8H,1,5-6H2. The van der Waals surface area contributed by atoms with Crippen LogP contribution in [0.5, 0.6) is 0 Å². The van der Waals surface area contributed by atoms with E-state index in [9.17, 15) is 4.79 Å². The van der Waals surface area contributed by atoms with Crippen LogP contribution in [0.15, 0.2) is 24.8 Å². The average Bonchev–Trinajstić information content (AvgIpc) is 3.00. The van der Waals surface area contributed by atoms with Crippen molar-refractivity contribution < 1.29 is 4.79 Å². The van der Waals surface area contributed by atoms with Crippen LogP contribution in [0.1, 0.15) is 34.8 Å². The summed E-state index contributed by atoms with van der Waals surface area (Å²) in [4.78, 5) is 15.3. The van der Waals surface area contributed by atoms with Crippen molar-refractivity contribution in [2.45, 2.75) is 18.8 Å². The van der Waals surface area contributed by atoms with Crippen molar-refractivity contribution in [3.8, 4) is 0 Å². The van der Waals surface area contributed by atoms with Crippen molar-refractivity contribution in [2.24, 2.45) is 0 Å². The molecule has 0 N–H and O–H groups in total. The van der Waals surface area contributed by atoms with Gasteiger partial charge in [-0.05, 0) is 36.5 Å². The summed E-state index contributed by atoms with van der Waals surface area (Å²) in [5.74, 6) is 0.444. The molecule has 2 rings (SSSR count). The second kappa shape index (κ2) is 3.13. The van der Waals surface area contributed by atoms with Crippen LogP contribution >= 0.6 is 0 Å². The van der Waals surface area contributed by atoms with Crippen LogP contribution in [-0.4, -0.2) is 10.8 Å². The molecule has 0 atom stereocenters. The van der Waals surface area contributed by atoms with Gasteiger partial charge in [0, 0.05) is 0 Å². The number of hydrogen-bond donors (Lipinski definition) is 0. The highest BCUT2D eigenvalue weighted by Crippen LogP contribution is 2.41. The molecule has 0 amide bonds. The zero-order valence-corrected chi connectivity index (χ0v) is 7.29. The first-order valence-electron chi connectivity index (χ1n) is 4.36. The summed E-state index contributed by atoms with van der Waals surface area (Å²) in [6, 6.07) is 3.69. The lowest BCUT2D eigenvalue weighted by atomic mass is 10.1. The van der Waals surface area contributed by atoms with Gasteiger partial charge in [0.15, 0.2) is 0 Å². The van der Waals surface area contributed by atoms with Crippen LogP contribution in [0.4, 0.5) is 0 Å². The van der Waals surface area contributed by atoms with Gasteiger partial charge in [-0.1, -0.05) is 12.6 Å². The van der Waals surface area contributed by atoms with Crippen molar-refractivity contribution >= 4 is 5.78 Å². The van der Waals surface area contributed by atoms with Crippen LogP contribution in [0.25, 0.3) is 0 Å². The molecular formula is C11H10NO. The van der Waals surface area contributed by atoms with Gasteiger partial charge in [-0.2, -0.15) is 0 Å². The Morgan fingerprint density at radius 2 is 2.46 bits per heavy atom. The molecule has 1 heterocycles. The molecule has 1 saturated carbocycles. The van der Waals surface area contributed by atoms with Gasteiger partial charge < -0.3 is 0 Å². The number of rotatable bonds is 3. The Balaban J connectivity index is 2.42. The molecule has 0 unspecified atom stereocenters. The van der Waals surface area contributed by atoms with E-state index in [-0.39, 0.29) is 5.78 Å². The third-order valence-electron chi connectivity index (χ3n) is 2.22. The number of carbonyl (C=O) groups is 1. The lowest BCUT2D eigenvalue weighted by Gasteiger charge is -2.02. The Hall–Kier alpha value is -1.44. The van der Waals surface area contributed by atoms with Crippen molar-refractivity contribution in [2.75, 3.05) is 0 Å². The normalized spacial score (nSPS) is 15.4. The zero-order chi connectivity index (χ0) is 9.26. The SMILES string of the molecule is C=CC(=O)c1n[c]ccc1C1CC1. The quantitative estimate of drug-likeness (QED) is 0.516. The first-order chi connectivity index (χ1) is 6.33. The predicted octanol–water partition coefficient (Wildman–Crippen LogP) is 2.13. The Kier molecular flexibility index (Phi) is 1.97. The molecule has 2 heteroatoms. The molecule has 0 aliphatic heterocycles. The number of pyridine rings is 1. The molecule has 1 aliphatic rings. The van der Waals surface area contributed by atoms with Crippen molar-refractivity contribution in [1.29, 1.82) is 0 Å². The lowest BCUT2D eigenvalue weighted by molar-refractivity contribution is 0.104. The molecule has 0 aromatic carbocycles. The number of carbonyl (C=O) groups excluding carboxylic acids is 1. The minimum Gasteiger partial charge on any atom is -0.288 e. The first kappa shape index (κ1) is 8.17. The second-order valence-electron chi connectivity index (χ2n) is 3.22. The fourth-order valence-electron chi connectivity index (χ4n) is 1.39. The highest BCUT2D eigenvalue weighted by molar-refractivity contribution is 6.03. The Morgan fingerprint density at radius 1 is 1.69 bits per heavy atom. The summed E-state index contributed by atoms with van der Waals surface area (Å²) < 4.78 is 0. The molecule has 65 valence electrons. The highest BCUT2D eigenvalue weighted by Gasteiger charge is 2.27. The first-order valence-corrected chi connectivity index (χ1v) is 4.36. The van der Waals surface area contributed by atoms with Crippen LogP contribution in [0.3, 0.4) is 0 Å². The van der Waals surface area contributed by atoms with Gasteiger partial charge in [0.1, 0.15) is 5.69 Å². The van der Waals surface area contributed by atoms with Gasteiger partial charge in [-0.15, -0.1) is 0 Å². The highest BCUT2D eigenvalue weighted by atomic mass is 16.1.